The Morgan fingerprint density at radius 1 is 1.56 bits per heavy atom. The van der Waals surface area contributed by atoms with E-state index in [4.69, 9.17) is 10.8 Å². The van der Waals surface area contributed by atoms with Gasteiger partial charge in [-0.05, 0) is 31.0 Å². The van der Waals surface area contributed by atoms with Crippen molar-refractivity contribution in [2.24, 2.45) is 0 Å². The first-order valence-electron chi connectivity index (χ1n) is 6.16. The molecule has 1 fully saturated rings. The summed E-state index contributed by atoms with van der Waals surface area (Å²) < 4.78 is 0. The summed E-state index contributed by atoms with van der Waals surface area (Å²) in [4.78, 5) is 13.9. The van der Waals surface area contributed by atoms with E-state index in [1.165, 1.54) is 0 Å². The molecule has 0 aliphatic heterocycles. The Labute approximate surface area is 107 Å². The van der Waals surface area contributed by atoms with Crippen LogP contribution in [0.1, 0.15) is 23.2 Å². The molecule has 0 saturated heterocycles. The second-order valence-corrected chi connectivity index (χ2v) is 4.50. The van der Waals surface area contributed by atoms with Gasteiger partial charge in [0.1, 0.15) is 0 Å². The molecule has 0 radical (unpaired) electrons. The Hall–Kier alpha value is -1.75. The zero-order chi connectivity index (χ0) is 13.1. The molecule has 18 heavy (non-hydrogen) atoms. The lowest BCUT2D eigenvalue weighted by Gasteiger charge is -2.26. The van der Waals surface area contributed by atoms with Crippen molar-refractivity contribution in [2.75, 3.05) is 30.8 Å². The highest BCUT2D eigenvalue weighted by molar-refractivity contribution is 6.00. The van der Waals surface area contributed by atoms with Gasteiger partial charge in [0, 0.05) is 25.3 Å². The summed E-state index contributed by atoms with van der Waals surface area (Å²) >= 11 is 0. The maximum atomic E-state index is 11.9. The zero-order valence-corrected chi connectivity index (χ0v) is 10.5. The van der Waals surface area contributed by atoms with Crippen molar-refractivity contribution >= 4 is 17.3 Å². The van der Waals surface area contributed by atoms with Crippen molar-refractivity contribution in [3.05, 3.63) is 23.8 Å². The van der Waals surface area contributed by atoms with Gasteiger partial charge in [-0.3, -0.25) is 4.79 Å². The number of hydrogen-bond acceptors (Lipinski definition) is 4. The Morgan fingerprint density at radius 2 is 2.28 bits per heavy atom. The summed E-state index contributed by atoms with van der Waals surface area (Å²) in [5.41, 5.74) is 7.84. The smallest absolute Gasteiger partial charge is 0.253 e. The number of aliphatic hydroxyl groups is 1. The van der Waals surface area contributed by atoms with E-state index in [-0.39, 0.29) is 12.5 Å². The summed E-state index contributed by atoms with van der Waals surface area (Å²) in [7, 11) is 1.61. The van der Waals surface area contributed by atoms with E-state index in [1.54, 1.807) is 25.2 Å². The number of anilines is 2. The highest BCUT2D eigenvalue weighted by Gasteiger charge is 2.31. The van der Waals surface area contributed by atoms with Crippen LogP contribution in [0.2, 0.25) is 0 Å². The second-order valence-electron chi connectivity index (χ2n) is 4.50. The fourth-order valence-corrected chi connectivity index (χ4v) is 2.11. The van der Waals surface area contributed by atoms with Crippen molar-refractivity contribution in [2.45, 2.75) is 18.9 Å². The van der Waals surface area contributed by atoms with Crippen LogP contribution in [0.5, 0.6) is 0 Å². The van der Waals surface area contributed by atoms with Gasteiger partial charge in [-0.1, -0.05) is 0 Å². The second kappa shape index (κ2) is 5.27. The largest absolute Gasteiger partial charge is 0.399 e. The Kier molecular flexibility index (Phi) is 3.72. The van der Waals surface area contributed by atoms with Crippen molar-refractivity contribution < 1.29 is 9.90 Å². The van der Waals surface area contributed by atoms with E-state index in [1.807, 2.05) is 0 Å². The molecule has 5 nitrogen and oxygen atoms in total. The van der Waals surface area contributed by atoms with E-state index < -0.39 is 0 Å². The predicted molar refractivity (Wildman–Crippen MR) is 71.7 cm³/mol. The Balaban J connectivity index is 2.38. The van der Waals surface area contributed by atoms with Crippen LogP contribution in [0.4, 0.5) is 11.4 Å². The summed E-state index contributed by atoms with van der Waals surface area (Å²) in [6, 6.07) is 5.68. The van der Waals surface area contributed by atoms with Crippen LogP contribution in [0, 0.1) is 0 Å². The molecule has 0 atom stereocenters. The number of nitrogens with zero attached hydrogens (tertiary/aromatic N) is 1. The number of nitrogens with two attached hydrogens (primary N) is 1. The van der Waals surface area contributed by atoms with Crippen LogP contribution in [-0.2, 0) is 0 Å². The number of nitrogen functional groups attached to an aromatic ring is 1. The molecular formula is C13H19N3O2. The molecule has 1 aliphatic carbocycles. The minimum absolute atomic E-state index is 0.0679. The molecule has 0 heterocycles. The van der Waals surface area contributed by atoms with Crippen LogP contribution in [0.3, 0.4) is 0 Å². The highest BCUT2D eigenvalue weighted by Crippen LogP contribution is 2.34. The average molecular weight is 249 g/mol. The summed E-state index contributed by atoms with van der Waals surface area (Å²) in [6.07, 6.45) is 2.20. The molecular weight excluding hydrogens is 230 g/mol. The third kappa shape index (κ3) is 2.56. The van der Waals surface area contributed by atoms with Gasteiger partial charge in [0.25, 0.3) is 5.91 Å². The minimum Gasteiger partial charge on any atom is -0.399 e. The van der Waals surface area contributed by atoms with E-state index in [2.05, 4.69) is 10.2 Å². The first-order chi connectivity index (χ1) is 8.67. The van der Waals surface area contributed by atoms with E-state index in [0.29, 0.717) is 23.8 Å². The number of amides is 1. The van der Waals surface area contributed by atoms with E-state index >= 15 is 0 Å². The van der Waals surface area contributed by atoms with E-state index in [0.717, 1.165) is 18.5 Å². The molecule has 1 saturated carbocycles. The summed E-state index contributed by atoms with van der Waals surface area (Å²) in [6.45, 7) is 0.594. The Morgan fingerprint density at radius 3 is 2.83 bits per heavy atom. The Bertz CT molecular complexity index is 444. The van der Waals surface area contributed by atoms with Crippen LogP contribution >= 0.6 is 0 Å². The zero-order valence-electron chi connectivity index (χ0n) is 10.5. The fraction of sp³-hybridized carbons (Fsp3) is 0.462. The van der Waals surface area contributed by atoms with Gasteiger partial charge in [-0.2, -0.15) is 0 Å². The third-order valence-corrected chi connectivity index (χ3v) is 3.13. The maximum Gasteiger partial charge on any atom is 0.253 e. The number of carbonyl (C=O) groups is 1. The van der Waals surface area contributed by atoms with Crippen LogP contribution in [0.15, 0.2) is 18.2 Å². The molecule has 1 aromatic carbocycles. The van der Waals surface area contributed by atoms with Crippen molar-refractivity contribution in [1.29, 1.82) is 0 Å². The SMILES string of the molecule is CNC(=O)c1ccc(N)cc1N(CCO)C1CC1. The number of carbonyl (C=O) groups excluding carboxylic acids is 1. The maximum absolute atomic E-state index is 11.9. The van der Waals surface area contributed by atoms with Gasteiger partial charge < -0.3 is 21.1 Å². The molecule has 0 bridgehead atoms. The lowest BCUT2D eigenvalue weighted by Crippen LogP contribution is -2.32. The number of aliphatic hydroxyl groups excluding tert-OH is 1. The fourth-order valence-electron chi connectivity index (χ4n) is 2.11. The lowest BCUT2D eigenvalue weighted by molar-refractivity contribution is 0.0963. The normalized spacial score (nSPS) is 14.3. The van der Waals surface area contributed by atoms with Gasteiger partial charge in [-0.15, -0.1) is 0 Å². The molecule has 1 amide bonds. The quantitative estimate of drug-likeness (QED) is 0.667. The number of nitrogens with one attached hydrogen (secondary N) is 1. The topological polar surface area (TPSA) is 78.6 Å². The molecule has 0 aromatic heterocycles. The van der Waals surface area contributed by atoms with Gasteiger partial charge in [0.05, 0.1) is 17.9 Å². The van der Waals surface area contributed by atoms with Crippen molar-refractivity contribution in [1.82, 2.24) is 5.32 Å². The van der Waals surface area contributed by atoms with Crippen LogP contribution < -0.4 is 16.0 Å². The van der Waals surface area contributed by atoms with E-state index in [9.17, 15) is 4.79 Å². The average Bonchev–Trinajstić information content (AvgIpc) is 3.19. The van der Waals surface area contributed by atoms with Gasteiger partial charge >= 0.3 is 0 Å². The molecule has 1 aliphatic rings. The molecule has 2 rings (SSSR count). The lowest BCUT2D eigenvalue weighted by atomic mass is 10.1. The van der Waals surface area contributed by atoms with Gasteiger partial charge in [0.15, 0.2) is 0 Å². The third-order valence-electron chi connectivity index (χ3n) is 3.13. The van der Waals surface area contributed by atoms with Gasteiger partial charge in [-0.25, -0.2) is 0 Å². The first-order valence-corrected chi connectivity index (χ1v) is 6.16. The monoisotopic (exact) mass is 249 g/mol. The molecule has 1 aromatic rings. The number of benzene rings is 1. The molecule has 0 unspecified atom stereocenters. The highest BCUT2D eigenvalue weighted by atomic mass is 16.3. The molecule has 5 heteroatoms. The molecule has 0 spiro atoms. The molecule has 4 N–H and O–H groups in total. The predicted octanol–water partition coefficient (Wildman–Crippen LogP) is 0.590. The van der Waals surface area contributed by atoms with Gasteiger partial charge in [0.2, 0.25) is 0 Å². The van der Waals surface area contributed by atoms with Crippen LogP contribution in [0.25, 0.3) is 0 Å². The number of rotatable bonds is 5. The van der Waals surface area contributed by atoms with Crippen molar-refractivity contribution in [3.8, 4) is 0 Å². The standard InChI is InChI=1S/C13H19N3O2/c1-15-13(18)11-5-2-9(14)8-12(11)16(6-7-17)10-3-4-10/h2,5,8,10,17H,3-4,6-7,14H2,1H3,(H,15,18). The number of hydrogen-bond donors (Lipinski definition) is 3. The summed E-state index contributed by atoms with van der Waals surface area (Å²) in [5, 5.41) is 11.8. The summed E-state index contributed by atoms with van der Waals surface area (Å²) in [5.74, 6) is -0.131. The van der Waals surface area contributed by atoms with Crippen LogP contribution in [-0.4, -0.2) is 37.3 Å². The molecule has 98 valence electrons. The van der Waals surface area contributed by atoms with Crippen molar-refractivity contribution in [3.63, 3.8) is 0 Å². The first kappa shape index (κ1) is 12.7. The minimum atomic E-state index is -0.131.